The molecule has 0 amide bonds. The third kappa shape index (κ3) is 3.03. The van der Waals surface area contributed by atoms with Gasteiger partial charge in [0.25, 0.3) is 0 Å². The van der Waals surface area contributed by atoms with Crippen LogP contribution in [0, 0.1) is 0 Å². The minimum Gasteiger partial charge on any atom is -0.481 e. The van der Waals surface area contributed by atoms with Crippen LogP contribution >= 0.6 is 11.8 Å². The zero-order chi connectivity index (χ0) is 9.03. The zero-order valence-electron chi connectivity index (χ0n) is 6.95. The fraction of sp³-hybridized carbons (Fsp3) is 0.875. The van der Waals surface area contributed by atoms with Crippen molar-refractivity contribution in [2.24, 2.45) is 0 Å². The van der Waals surface area contributed by atoms with Gasteiger partial charge in [-0.25, -0.2) is 0 Å². The number of aliphatic carboxylic acids is 1. The molecule has 1 aliphatic rings. The van der Waals surface area contributed by atoms with Crippen molar-refractivity contribution in [3.8, 4) is 0 Å². The molecule has 1 aliphatic carbocycles. The molecule has 0 unspecified atom stereocenters. The van der Waals surface area contributed by atoms with E-state index in [4.69, 9.17) is 5.11 Å². The molecule has 0 bridgehead atoms. The highest BCUT2D eigenvalue weighted by atomic mass is 32.2. The molecule has 12 heavy (non-hydrogen) atoms. The van der Waals surface area contributed by atoms with Crippen molar-refractivity contribution in [1.29, 1.82) is 0 Å². The van der Waals surface area contributed by atoms with Crippen molar-refractivity contribution in [3.05, 3.63) is 0 Å². The van der Waals surface area contributed by atoms with Gasteiger partial charge in [0.15, 0.2) is 0 Å². The lowest BCUT2D eigenvalue weighted by atomic mass is 10.1. The molecule has 4 heteroatoms. The van der Waals surface area contributed by atoms with Crippen LogP contribution in [0.15, 0.2) is 0 Å². The van der Waals surface area contributed by atoms with Gasteiger partial charge in [-0.3, -0.25) is 4.79 Å². The average molecular weight is 190 g/mol. The van der Waals surface area contributed by atoms with Gasteiger partial charge in [-0.15, -0.1) is 11.8 Å². The summed E-state index contributed by atoms with van der Waals surface area (Å²) in [6.07, 6.45) is 3.81. The second-order valence-corrected chi connectivity index (χ2v) is 4.30. The summed E-state index contributed by atoms with van der Waals surface area (Å²) in [6, 6.07) is 0. The van der Waals surface area contributed by atoms with Gasteiger partial charge >= 0.3 is 5.97 Å². The van der Waals surface area contributed by atoms with Gasteiger partial charge in [-0.2, -0.15) is 0 Å². The summed E-state index contributed by atoms with van der Waals surface area (Å²) in [5.74, 6) is -0.136. The number of thioether (sulfide) groups is 1. The molecule has 1 fully saturated rings. The molecule has 0 radical (unpaired) electrons. The standard InChI is InChI=1S/C8H14O3S/c9-7(10)5-12-6-8(11)3-1-2-4-8/h11H,1-6H2,(H,9,10). The van der Waals surface area contributed by atoms with E-state index in [-0.39, 0.29) is 5.75 Å². The minimum absolute atomic E-state index is 0.0995. The molecule has 0 aromatic heterocycles. The van der Waals surface area contributed by atoms with E-state index in [2.05, 4.69) is 0 Å². The van der Waals surface area contributed by atoms with Crippen LogP contribution in [0.3, 0.4) is 0 Å². The third-order valence-corrected chi connectivity index (χ3v) is 3.32. The quantitative estimate of drug-likeness (QED) is 0.697. The Labute approximate surface area is 76.2 Å². The first-order valence-electron chi connectivity index (χ1n) is 4.14. The highest BCUT2D eigenvalue weighted by molar-refractivity contribution is 8.00. The fourth-order valence-corrected chi connectivity index (χ4v) is 2.45. The van der Waals surface area contributed by atoms with Crippen molar-refractivity contribution in [1.82, 2.24) is 0 Å². The molecule has 0 aliphatic heterocycles. The van der Waals surface area contributed by atoms with Gasteiger partial charge in [-0.05, 0) is 12.8 Å². The number of hydrogen-bond acceptors (Lipinski definition) is 3. The lowest BCUT2D eigenvalue weighted by Crippen LogP contribution is -2.27. The molecular weight excluding hydrogens is 176 g/mol. The smallest absolute Gasteiger partial charge is 0.313 e. The molecule has 0 heterocycles. The van der Waals surface area contributed by atoms with Crippen molar-refractivity contribution < 1.29 is 15.0 Å². The Kier molecular flexibility index (Phi) is 3.40. The van der Waals surface area contributed by atoms with Crippen LogP contribution in [0.1, 0.15) is 25.7 Å². The molecule has 0 atom stereocenters. The first kappa shape index (κ1) is 9.86. The monoisotopic (exact) mass is 190 g/mol. The molecule has 1 rings (SSSR count). The summed E-state index contributed by atoms with van der Waals surface area (Å²) in [5, 5.41) is 18.2. The zero-order valence-corrected chi connectivity index (χ0v) is 7.77. The van der Waals surface area contributed by atoms with E-state index in [1.54, 1.807) is 0 Å². The van der Waals surface area contributed by atoms with E-state index in [9.17, 15) is 9.90 Å². The fourth-order valence-electron chi connectivity index (χ4n) is 1.51. The van der Waals surface area contributed by atoms with Crippen molar-refractivity contribution in [2.45, 2.75) is 31.3 Å². The average Bonchev–Trinajstić information content (AvgIpc) is 2.35. The Balaban J connectivity index is 2.17. The van der Waals surface area contributed by atoms with E-state index in [1.807, 2.05) is 0 Å². The SMILES string of the molecule is O=C(O)CSCC1(O)CCCC1. The Morgan fingerprint density at radius 3 is 2.50 bits per heavy atom. The van der Waals surface area contributed by atoms with Crippen LogP contribution in [0.5, 0.6) is 0 Å². The number of hydrogen-bond donors (Lipinski definition) is 2. The Morgan fingerprint density at radius 2 is 2.00 bits per heavy atom. The molecule has 0 aromatic rings. The van der Waals surface area contributed by atoms with Crippen LogP contribution in [-0.2, 0) is 4.79 Å². The predicted octanol–water partition coefficient (Wildman–Crippen LogP) is 1.11. The van der Waals surface area contributed by atoms with Crippen molar-refractivity contribution in [3.63, 3.8) is 0 Å². The molecule has 1 saturated carbocycles. The summed E-state index contributed by atoms with van der Waals surface area (Å²) >= 11 is 1.31. The predicted molar refractivity (Wildman–Crippen MR) is 48.4 cm³/mol. The van der Waals surface area contributed by atoms with E-state index < -0.39 is 11.6 Å². The maximum atomic E-state index is 10.2. The second kappa shape index (κ2) is 4.14. The van der Waals surface area contributed by atoms with E-state index in [0.29, 0.717) is 5.75 Å². The van der Waals surface area contributed by atoms with Gasteiger partial charge in [0.1, 0.15) is 0 Å². The third-order valence-electron chi connectivity index (χ3n) is 2.13. The lowest BCUT2D eigenvalue weighted by molar-refractivity contribution is -0.133. The van der Waals surface area contributed by atoms with E-state index in [0.717, 1.165) is 25.7 Å². The van der Waals surface area contributed by atoms with Crippen LogP contribution in [0.4, 0.5) is 0 Å². The Bertz CT molecular complexity index is 164. The molecule has 70 valence electrons. The van der Waals surface area contributed by atoms with Crippen molar-refractivity contribution >= 4 is 17.7 Å². The summed E-state index contributed by atoms with van der Waals surface area (Å²) in [5.41, 5.74) is -0.569. The number of carboxylic acid groups (broad SMARTS) is 1. The van der Waals surface area contributed by atoms with Crippen LogP contribution in [0.2, 0.25) is 0 Å². The highest BCUT2D eigenvalue weighted by Gasteiger charge is 2.30. The van der Waals surface area contributed by atoms with Crippen LogP contribution < -0.4 is 0 Å². The molecule has 3 nitrogen and oxygen atoms in total. The molecule has 2 N–H and O–H groups in total. The van der Waals surface area contributed by atoms with E-state index in [1.165, 1.54) is 11.8 Å². The topological polar surface area (TPSA) is 57.5 Å². The summed E-state index contributed by atoms with van der Waals surface area (Å²) in [6.45, 7) is 0. The largest absolute Gasteiger partial charge is 0.481 e. The molecule has 0 saturated heterocycles. The van der Waals surface area contributed by atoms with Gasteiger partial charge in [0.2, 0.25) is 0 Å². The first-order valence-corrected chi connectivity index (χ1v) is 5.30. The highest BCUT2D eigenvalue weighted by Crippen LogP contribution is 2.32. The summed E-state index contributed by atoms with van der Waals surface area (Å²) < 4.78 is 0. The lowest BCUT2D eigenvalue weighted by Gasteiger charge is -2.20. The summed E-state index contributed by atoms with van der Waals surface area (Å²) in [4.78, 5) is 10.2. The van der Waals surface area contributed by atoms with Gasteiger partial charge in [-0.1, -0.05) is 12.8 Å². The van der Waals surface area contributed by atoms with Gasteiger partial charge < -0.3 is 10.2 Å². The Hall–Kier alpha value is -0.220. The maximum absolute atomic E-state index is 10.2. The second-order valence-electron chi connectivity index (χ2n) is 3.32. The number of carbonyl (C=O) groups is 1. The van der Waals surface area contributed by atoms with Crippen LogP contribution in [0.25, 0.3) is 0 Å². The minimum atomic E-state index is -0.804. The normalized spacial score (nSPS) is 21.1. The maximum Gasteiger partial charge on any atom is 0.313 e. The van der Waals surface area contributed by atoms with Crippen molar-refractivity contribution in [2.75, 3.05) is 11.5 Å². The van der Waals surface area contributed by atoms with Gasteiger partial charge in [0.05, 0.1) is 11.4 Å². The molecule has 0 spiro atoms. The first-order chi connectivity index (χ1) is 5.62. The molecular formula is C8H14O3S. The van der Waals surface area contributed by atoms with Crippen LogP contribution in [-0.4, -0.2) is 33.3 Å². The van der Waals surface area contributed by atoms with E-state index >= 15 is 0 Å². The Morgan fingerprint density at radius 1 is 1.42 bits per heavy atom. The molecule has 0 aromatic carbocycles. The van der Waals surface area contributed by atoms with Gasteiger partial charge in [0, 0.05) is 5.75 Å². The number of aliphatic hydroxyl groups is 1. The number of carboxylic acids is 1. The summed E-state index contributed by atoms with van der Waals surface area (Å²) in [7, 11) is 0. The number of rotatable bonds is 4.